The molecule has 10 heteroatoms. The first-order valence-electron chi connectivity index (χ1n) is 9.41. The topological polar surface area (TPSA) is 58.6 Å². The van der Waals surface area contributed by atoms with Gasteiger partial charge in [-0.05, 0) is 105 Å². The van der Waals surface area contributed by atoms with Gasteiger partial charge in [-0.3, -0.25) is 4.79 Å². The summed E-state index contributed by atoms with van der Waals surface area (Å²) in [6.45, 7) is 0.285. The molecule has 0 spiro atoms. The van der Waals surface area contributed by atoms with Crippen molar-refractivity contribution in [1.82, 2.24) is 5.32 Å². The predicted molar refractivity (Wildman–Crippen MR) is 148 cm³/mol. The number of anilines is 1. The SMILES string of the molecule is O=C1N/C(=C/c2cc(I)c(OCc3ccc(Cl)cc3Cl)c(I)c2)C(=O)N1c1ccc(Cl)cc1. The van der Waals surface area contributed by atoms with Crippen LogP contribution in [0.1, 0.15) is 11.1 Å². The lowest BCUT2D eigenvalue weighted by Crippen LogP contribution is -2.30. The van der Waals surface area contributed by atoms with Crippen LogP contribution < -0.4 is 15.0 Å². The minimum atomic E-state index is -0.516. The number of rotatable bonds is 5. The minimum Gasteiger partial charge on any atom is -0.487 e. The fourth-order valence-electron chi connectivity index (χ4n) is 3.12. The highest BCUT2D eigenvalue weighted by Gasteiger charge is 2.34. The number of benzene rings is 3. The predicted octanol–water partition coefficient (Wildman–Crippen LogP) is 7.53. The van der Waals surface area contributed by atoms with Crippen molar-refractivity contribution < 1.29 is 14.3 Å². The van der Waals surface area contributed by atoms with Gasteiger partial charge in [0.25, 0.3) is 5.91 Å². The molecule has 5 nitrogen and oxygen atoms in total. The molecule has 1 N–H and O–H groups in total. The molecule has 0 aromatic heterocycles. The molecule has 0 radical (unpaired) electrons. The second-order valence-corrected chi connectivity index (χ2v) is 10.5. The molecular formula is C23H13Cl3I2N2O3. The number of ether oxygens (including phenoxy) is 1. The zero-order valence-electron chi connectivity index (χ0n) is 16.5. The normalized spacial score (nSPS) is 14.7. The second kappa shape index (κ2) is 10.4. The van der Waals surface area contributed by atoms with Gasteiger partial charge < -0.3 is 10.1 Å². The van der Waals surface area contributed by atoms with Crippen LogP contribution in [0.4, 0.5) is 10.5 Å². The van der Waals surface area contributed by atoms with Gasteiger partial charge in [-0.1, -0.05) is 40.9 Å². The summed E-state index contributed by atoms with van der Waals surface area (Å²) in [5.74, 6) is 0.263. The van der Waals surface area contributed by atoms with E-state index in [0.717, 1.165) is 23.2 Å². The Kier molecular flexibility index (Phi) is 7.74. The summed E-state index contributed by atoms with van der Waals surface area (Å²) >= 11 is 22.4. The van der Waals surface area contributed by atoms with Crippen molar-refractivity contribution >= 4 is 104 Å². The maximum Gasteiger partial charge on any atom is 0.333 e. The smallest absolute Gasteiger partial charge is 0.333 e. The first-order chi connectivity index (χ1) is 15.7. The number of carbonyl (C=O) groups excluding carboxylic acids is 2. The minimum absolute atomic E-state index is 0.183. The third kappa shape index (κ3) is 5.59. The van der Waals surface area contributed by atoms with Crippen molar-refractivity contribution in [3.63, 3.8) is 0 Å². The summed E-state index contributed by atoms with van der Waals surface area (Å²) in [4.78, 5) is 26.3. The van der Waals surface area contributed by atoms with Gasteiger partial charge in [0.15, 0.2) is 0 Å². The highest BCUT2D eigenvalue weighted by molar-refractivity contribution is 14.1. The summed E-state index contributed by atoms with van der Waals surface area (Å²) in [7, 11) is 0. The Hall–Kier alpha value is -1.53. The van der Waals surface area contributed by atoms with E-state index in [1.807, 2.05) is 18.2 Å². The van der Waals surface area contributed by atoms with Crippen LogP contribution >= 0.6 is 80.0 Å². The Bertz CT molecular complexity index is 1270. The average Bonchev–Trinajstić information content (AvgIpc) is 3.02. The van der Waals surface area contributed by atoms with Gasteiger partial charge in [-0.25, -0.2) is 9.69 Å². The van der Waals surface area contributed by atoms with Gasteiger partial charge in [0.2, 0.25) is 0 Å². The van der Waals surface area contributed by atoms with Gasteiger partial charge in [0, 0.05) is 20.6 Å². The monoisotopic (exact) mass is 724 g/mol. The summed E-state index contributed by atoms with van der Waals surface area (Å²) in [6, 6.07) is 15.0. The lowest BCUT2D eigenvalue weighted by Gasteiger charge is -2.13. The van der Waals surface area contributed by atoms with Crippen molar-refractivity contribution in [3.05, 3.63) is 93.6 Å². The number of urea groups is 1. The maximum atomic E-state index is 12.8. The Morgan fingerprint density at radius 2 is 1.55 bits per heavy atom. The molecule has 0 aliphatic carbocycles. The van der Waals surface area contributed by atoms with E-state index in [0.29, 0.717) is 26.5 Å². The van der Waals surface area contributed by atoms with E-state index in [-0.39, 0.29) is 12.3 Å². The molecule has 3 aromatic carbocycles. The number of hydrogen-bond acceptors (Lipinski definition) is 3. The molecule has 168 valence electrons. The van der Waals surface area contributed by atoms with Gasteiger partial charge >= 0.3 is 6.03 Å². The second-order valence-electron chi connectivity index (χ2n) is 6.94. The molecule has 1 heterocycles. The van der Waals surface area contributed by atoms with E-state index in [2.05, 4.69) is 50.5 Å². The molecule has 33 heavy (non-hydrogen) atoms. The largest absolute Gasteiger partial charge is 0.487 e. The van der Waals surface area contributed by atoms with Gasteiger partial charge in [0.1, 0.15) is 18.1 Å². The molecule has 1 saturated heterocycles. The molecule has 1 aliphatic heterocycles. The van der Waals surface area contributed by atoms with Crippen LogP contribution in [0.3, 0.4) is 0 Å². The Morgan fingerprint density at radius 3 is 2.18 bits per heavy atom. The molecule has 0 atom stereocenters. The van der Waals surface area contributed by atoms with Gasteiger partial charge in [0.05, 0.1) is 12.8 Å². The molecule has 3 amide bonds. The number of imide groups is 1. The molecule has 4 rings (SSSR count). The van der Waals surface area contributed by atoms with Crippen molar-refractivity contribution in [1.29, 1.82) is 0 Å². The highest BCUT2D eigenvalue weighted by atomic mass is 127. The van der Waals surface area contributed by atoms with Crippen LogP contribution in [0.15, 0.2) is 60.3 Å². The summed E-state index contributed by atoms with van der Waals surface area (Å²) in [6.07, 6.45) is 1.64. The fourth-order valence-corrected chi connectivity index (χ4v) is 5.83. The zero-order chi connectivity index (χ0) is 23.7. The van der Waals surface area contributed by atoms with Crippen molar-refractivity contribution in [2.75, 3.05) is 4.90 Å². The van der Waals surface area contributed by atoms with E-state index in [4.69, 9.17) is 39.5 Å². The molecule has 1 fully saturated rings. The molecule has 3 aromatic rings. The molecule has 0 unspecified atom stereocenters. The van der Waals surface area contributed by atoms with Crippen LogP contribution in [0.25, 0.3) is 6.08 Å². The zero-order valence-corrected chi connectivity index (χ0v) is 23.1. The van der Waals surface area contributed by atoms with E-state index >= 15 is 0 Å². The van der Waals surface area contributed by atoms with Crippen LogP contribution in [-0.4, -0.2) is 11.9 Å². The standard InChI is InChI=1S/C23H13Cl3I2N2O3/c24-14-3-5-16(6-4-14)30-22(31)20(29-23(30)32)9-12-7-18(27)21(19(28)8-12)33-11-13-1-2-15(25)10-17(13)26/h1-10H,11H2,(H,29,32)/b20-9+. The van der Waals surface area contributed by atoms with E-state index in [9.17, 15) is 9.59 Å². The lowest BCUT2D eigenvalue weighted by atomic mass is 10.1. The summed E-state index contributed by atoms with van der Waals surface area (Å²) in [5, 5.41) is 4.25. The van der Waals surface area contributed by atoms with Gasteiger partial charge in [-0.2, -0.15) is 0 Å². The van der Waals surface area contributed by atoms with E-state index < -0.39 is 11.9 Å². The average molecular weight is 726 g/mol. The van der Waals surface area contributed by atoms with Crippen LogP contribution in [0, 0.1) is 7.14 Å². The molecule has 0 bridgehead atoms. The number of nitrogens with zero attached hydrogens (tertiary/aromatic N) is 1. The van der Waals surface area contributed by atoms with Crippen LogP contribution in [-0.2, 0) is 11.4 Å². The van der Waals surface area contributed by atoms with Crippen molar-refractivity contribution in [3.8, 4) is 5.75 Å². The first-order valence-corrected chi connectivity index (χ1v) is 12.7. The summed E-state index contributed by atoms with van der Waals surface area (Å²) in [5.41, 5.74) is 2.20. The number of hydrogen-bond donors (Lipinski definition) is 1. The quantitative estimate of drug-likeness (QED) is 0.168. The van der Waals surface area contributed by atoms with Crippen LogP contribution in [0.2, 0.25) is 15.1 Å². The maximum absolute atomic E-state index is 12.8. The number of carbonyl (C=O) groups is 2. The lowest BCUT2D eigenvalue weighted by molar-refractivity contribution is -0.113. The van der Waals surface area contributed by atoms with Crippen molar-refractivity contribution in [2.45, 2.75) is 6.61 Å². The van der Waals surface area contributed by atoms with Crippen molar-refractivity contribution in [2.24, 2.45) is 0 Å². The Balaban J connectivity index is 1.54. The first kappa shape index (κ1) is 24.6. The van der Waals surface area contributed by atoms with Crippen LogP contribution in [0.5, 0.6) is 5.75 Å². The Labute approximate surface area is 232 Å². The summed E-state index contributed by atoms with van der Waals surface area (Å²) < 4.78 is 7.70. The molecule has 1 aliphatic rings. The highest BCUT2D eigenvalue weighted by Crippen LogP contribution is 2.32. The molecule has 0 saturated carbocycles. The van der Waals surface area contributed by atoms with E-state index in [1.54, 1.807) is 42.5 Å². The van der Waals surface area contributed by atoms with Gasteiger partial charge in [-0.15, -0.1) is 0 Å². The number of amides is 3. The third-order valence-electron chi connectivity index (χ3n) is 4.68. The molecular weight excluding hydrogens is 712 g/mol. The number of nitrogens with one attached hydrogen (secondary N) is 1. The third-order valence-corrected chi connectivity index (χ3v) is 7.12. The Morgan fingerprint density at radius 1 is 0.909 bits per heavy atom. The number of halogens is 5. The van der Waals surface area contributed by atoms with E-state index in [1.165, 1.54) is 0 Å². The fraction of sp³-hybridized carbons (Fsp3) is 0.0435.